The molecule has 0 aliphatic carbocycles. The fraction of sp³-hybridized carbons (Fsp3) is 0.500. The number of imidazole rings is 1. The first kappa shape index (κ1) is 7.05. The van der Waals surface area contributed by atoms with Crippen LogP contribution in [-0.2, 0) is 0 Å². The number of aromatic nitrogens is 2. The van der Waals surface area contributed by atoms with Crippen molar-refractivity contribution in [3.8, 4) is 0 Å². The third-order valence-electron chi connectivity index (χ3n) is 1.21. The first-order valence-electron chi connectivity index (χ1n) is 2.90. The highest BCUT2D eigenvalue weighted by Gasteiger charge is 2.02. The summed E-state index contributed by atoms with van der Waals surface area (Å²) >= 11 is 2.22. The van der Waals surface area contributed by atoms with E-state index in [1.165, 1.54) is 5.69 Å². The Labute approximate surface area is 68.8 Å². The van der Waals surface area contributed by atoms with Crippen LogP contribution >= 0.6 is 22.9 Å². The zero-order valence-corrected chi connectivity index (χ0v) is 7.66. The lowest BCUT2D eigenvalue weighted by molar-refractivity contribution is 0.826. The molecule has 1 aromatic rings. The fourth-order valence-electron chi connectivity index (χ4n) is 0.686. The Kier molecular flexibility index (Phi) is 2.10. The highest BCUT2D eigenvalue weighted by atomic mass is 127. The number of hydrogen-bond acceptors (Lipinski definition) is 1. The molecule has 9 heavy (non-hydrogen) atoms. The molecule has 0 saturated carbocycles. The second kappa shape index (κ2) is 2.68. The van der Waals surface area contributed by atoms with Crippen molar-refractivity contribution in [2.24, 2.45) is 0 Å². The molecule has 0 atom stereocenters. The summed E-state index contributed by atoms with van der Waals surface area (Å²) in [4.78, 5) is 4.00. The van der Waals surface area contributed by atoms with E-state index in [-0.39, 0.29) is 0 Å². The average molecular weight is 236 g/mol. The molecule has 0 aliphatic rings. The van der Waals surface area contributed by atoms with Gasteiger partial charge in [0.2, 0.25) is 0 Å². The molecule has 1 rings (SSSR count). The molecule has 1 aromatic heterocycles. The van der Waals surface area contributed by atoms with E-state index in [1.807, 2.05) is 15.3 Å². The lowest BCUT2D eigenvalue weighted by atomic mass is 10.2. The smallest absolute Gasteiger partial charge is 0.104 e. The molecule has 0 amide bonds. The molecule has 50 valence electrons. The van der Waals surface area contributed by atoms with E-state index in [0.717, 1.165) is 0 Å². The van der Waals surface area contributed by atoms with Crippen LogP contribution in [0, 0.1) is 0 Å². The van der Waals surface area contributed by atoms with Gasteiger partial charge in [-0.2, -0.15) is 0 Å². The van der Waals surface area contributed by atoms with Gasteiger partial charge in [-0.3, -0.25) is 2.78 Å². The van der Waals surface area contributed by atoms with Gasteiger partial charge < -0.3 is 0 Å². The number of nitrogens with zero attached hydrogens (tertiary/aromatic N) is 2. The highest BCUT2D eigenvalue weighted by molar-refractivity contribution is 14.1. The van der Waals surface area contributed by atoms with Gasteiger partial charge in [0.15, 0.2) is 0 Å². The molecule has 1 heterocycles. The first-order chi connectivity index (χ1) is 4.22. The van der Waals surface area contributed by atoms with Gasteiger partial charge in [-0.1, -0.05) is 13.8 Å². The van der Waals surface area contributed by atoms with Gasteiger partial charge in [0.25, 0.3) is 0 Å². The average Bonchev–Trinajstić information content (AvgIpc) is 2.13. The zero-order valence-electron chi connectivity index (χ0n) is 5.50. The van der Waals surface area contributed by atoms with Gasteiger partial charge in [-0.25, -0.2) is 4.98 Å². The van der Waals surface area contributed by atoms with Gasteiger partial charge >= 0.3 is 0 Å². The zero-order chi connectivity index (χ0) is 6.85. The van der Waals surface area contributed by atoms with Crippen LogP contribution in [0.15, 0.2) is 12.5 Å². The fourth-order valence-corrected chi connectivity index (χ4v) is 1.51. The molecular formula is C6H9IN2. The van der Waals surface area contributed by atoms with Crippen LogP contribution in [0.2, 0.25) is 0 Å². The SMILES string of the molecule is CC(C)c1cncn1I. The molecule has 0 fully saturated rings. The van der Waals surface area contributed by atoms with E-state index < -0.39 is 0 Å². The molecule has 0 radical (unpaired) electrons. The monoisotopic (exact) mass is 236 g/mol. The third kappa shape index (κ3) is 1.44. The summed E-state index contributed by atoms with van der Waals surface area (Å²) in [6, 6.07) is 0. The van der Waals surface area contributed by atoms with Crippen LogP contribution in [-0.4, -0.2) is 7.76 Å². The second-order valence-electron chi connectivity index (χ2n) is 2.28. The van der Waals surface area contributed by atoms with Crippen LogP contribution < -0.4 is 0 Å². The maximum atomic E-state index is 4.00. The van der Waals surface area contributed by atoms with Crippen LogP contribution in [0.25, 0.3) is 0 Å². The lowest BCUT2D eigenvalue weighted by Crippen LogP contribution is -1.90. The minimum Gasteiger partial charge on any atom is -0.275 e. The Balaban J connectivity index is 2.94. The molecule has 0 aromatic carbocycles. The van der Waals surface area contributed by atoms with Gasteiger partial charge in [0, 0.05) is 6.20 Å². The van der Waals surface area contributed by atoms with E-state index >= 15 is 0 Å². The molecule has 0 unspecified atom stereocenters. The second-order valence-corrected chi connectivity index (χ2v) is 3.32. The van der Waals surface area contributed by atoms with Crippen LogP contribution in [0.4, 0.5) is 0 Å². The first-order valence-corrected chi connectivity index (χ1v) is 3.86. The molecule has 0 aliphatic heterocycles. The van der Waals surface area contributed by atoms with Crippen molar-refractivity contribution in [2.75, 3.05) is 0 Å². The maximum Gasteiger partial charge on any atom is 0.104 e. The van der Waals surface area contributed by atoms with E-state index in [0.29, 0.717) is 5.92 Å². The molecule has 0 N–H and O–H groups in total. The van der Waals surface area contributed by atoms with Crippen molar-refractivity contribution in [1.82, 2.24) is 7.76 Å². The highest BCUT2D eigenvalue weighted by Crippen LogP contribution is 2.14. The van der Waals surface area contributed by atoms with E-state index in [1.54, 1.807) is 0 Å². The number of hydrogen-bond donors (Lipinski definition) is 0. The van der Waals surface area contributed by atoms with Gasteiger partial charge in [0.1, 0.15) is 6.33 Å². The Morgan fingerprint density at radius 3 is 2.56 bits per heavy atom. The molecular weight excluding hydrogens is 227 g/mol. The summed E-state index contributed by atoms with van der Waals surface area (Å²) in [6.07, 6.45) is 3.72. The maximum absolute atomic E-state index is 4.00. The predicted molar refractivity (Wildman–Crippen MR) is 45.7 cm³/mol. The summed E-state index contributed by atoms with van der Waals surface area (Å²) in [6.45, 7) is 4.32. The van der Waals surface area contributed by atoms with Crippen LogP contribution in [0.1, 0.15) is 25.5 Å². The van der Waals surface area contributed by atoms with E-state index in [9.17, 15) is 0 Å². The van der Waals surface area contributed by atoms with Gasteiger partial charge in [-0.05, 0) is 5.92 Å². The Morgan fingerprint density at radius 1 is 1.67 bits per heavy atom. The summed E-state index contributed by atoms with van der Waals surface area (Å²) < 4.78 is 2.02. The minimum atomic E-state index is 0.574. The standard InChI is InChI=1S/C6H9IN2/c1-5(2)6-3-8-4-9(6)7/h3-5H,1-2H3. The van der Waals surface area contributed by atoms with Gasteiger partial charge in [0.05, 0.1) is 28.6 Å². The Morgan fingerprint density at radius 2 is 2.33 bits per heavy atom. The summed E-state index contributed by atoms with van der Waals surface area (Å²) in [5.41, 5.74) is 1.27. The van der Waals surface area contributed by atoms with Crippen molar-refractivity contribution in [3.05, 3.63) is 18.2 Å². The molecule has 0 bridgehead atoms. The van der Waals surface area contributed by atoms with Crippen LogP contribution in [0.5, 0.6) is 0 Å². The summed E-state index contributed by atoms with van der Waals surface area (Å²) in [7, 11) is 0. The quantitative estimate of drug-likeness (QED) is 0.683. The third-order valence-corrected chi connectivity index (χ3v) is 2.02. The topological polar surface area (TPSA) is 17.8 Å². The van der Waals surface area contributed by atoms with E-state index in [4.69, 9.17) is 0 Å². The van der Waals surface area contributed by atoms with Crippen LogP contribution in [0.3, 0.4) is 0 Å². The summed E-state index contributed by atoms with van der Waals surface area (Å²) in [5, 5.41) is 0. The van der Waals surface area contributed by atoms with Gasteiger partial charge in [-0.15, -0.1) is 0 Å². The minimum absolute atomic E-state index is 0.574. The van der Waals surface area contributed by atoms with Crippen molar-refractivity contribution >= 4 is 22.9 Å². The Bertz CT molecular complexity index is 193. The number of rotatable bonds is 1. The predicted octanol–water partition coefficient (Wildman–Crippen LogP) is 2.20. The van der Waals surface area contributed by atoms with Crippen molar-refractivity contribution in [3.63, 3.8) is 0 Å². The summed E-state index contributed by atoms with van der Waals surface area (Å²) in [5.74, 6) is 0.574. The van der Waals surface area contributed by atoms with Crippen molar-refractivity contribution < 1.29 is 0 Å². The number of halogens is 1. The lowest BCUT2D eigenvalue weighted by Gasteiger charge is -2.01. The normalized spacial score (nSPS) is 10.7. The largest absolute Gasteiger partial charge is 0.275 e. The van der Waals surface area contributed by atoms with E-state index in [2.05, 4.69) is 41.7 Å². The molecule has 0 saturated heterocycles. The van der Waals surface area contributed by atoms with Crippen molar-refractivity contribution in [2.45, 2.75) is 19.8 Å². The Hall–Kier alpha value is -0.0600. The van der Waals surface area contributed by atoms with Crippen molar-refractivity contribution in [1.29, 1.82) is 0 Å². The molecule has 2 nitrogen and oxygen atoms in total. The molecule has 3 heteroatoms. The molecule has 0 spiro atoms.